The van der Waals surface area contributed by atoms with Crippen LogP contribution in [0.15, 0.2) is 48.6 Å². The highest BCUT2D eigenvalue weighted by atomic mass is 16.5. The Kier molecular flexibility index (Phi) is 41.2. The molecular weight excluding hydrogens is 683 g/mol. The van der Waals surface area contributed by atoms with E-state index in [-0.39, 0.29) is 24.9 Å². The van der Waals surface area contributed by atoms with Crippen LogP contribution in [0.5, 0.6) is 0 Å². The van der Waals surface area contributed by atoms with Gasteiger partial charge in [-0.05, 0) is 64.2 Å². The first-order chi connectivity index (χ1) is 27.0. The molecule has 0 aliphatic heterocycles. The Morgan fingerprint density at radius 1 is 0.545 bits per heavy atom. The topological polar surface area (TPSA) is 95.9 Å². The number of carbonyl (C=O) groups is 2. The maximum absolute atomic E-state index is 13.1. The van der Waals surface area contributed by atoms with Crippen molar-refractivity contribution in [3.05, 3.63) is 48.6 Å². The van der Waals surface area contributed by atoms with E-state index >= 15 is 0 Å². The second kappa shape index (κ2) is 43.0. The van der Waals surface area contributed by atoms with Gasteiger partial charge in [-0.15, -0.1) is 0 Å². The Morgan fingerprint density at radius 3 is 1.56 bits per heavy atom. The molecule has 0 bridgehead atoms. The molecular formula is C49H89NO5. The van der Waals surface area contributed by atoms with Crippen molar-refractivity contribution in [2.45, 2.75) is 244 Å². The van der Waals surface area contributed by atoms with Gasteiger partial charge in [0.15, 0.2) is 0 Å². The third kappa shape index (κ3) is 38.5. The molecule has 3 N–H and O–H groups in total. The van der Waals surface area contributed by atoms with Gasteiger partial charge in [0.1, 0.15) is 6.10 Å². The van der Waals surface area contributed by atoms with E-state index in [2.05, 4.69) is 74.7 Å². The standard InChI is InChI=1S/C49H89NO5/c1-4-7-10-13-16-19-22-24-27-30-33-36-39-42-49(54)55-45(40-37-34-31-28-25-21-18-15-12-9-6-3)43-48(53)50-46(44-51)47(52)41-38-35-32-29-26-23-20-17-14-11-8-5-2/h7,10,13,16,19,22,28,31,45-47,51-52H,4-6,8-9,11-12,14-15,17-18,20-21,23-27,29-30,32-44H2,1-3H3,(H,50,53)/b10-7+,16-13+,22-19-,31-28-. The summed E-state index contributed by atoms with van der Waals surface area (Å²) in [5.41, 5.74) is 0. The van der Waals surface area contributed by atoms with Crippen molar-refractivity contribution < 1.29 is 24.5 Å². The van der Waals surface area contributed by atoms with Crippen molar-refractivity contribution in [3.63, 3.8) is 0 Å². The molecule has 320 valence electrons. The maximum Gasteiger partial charge on any atom is 0.306 e. The number of esters is 1. The number of allylic oxidation sites excluding steroid dienone is 8. The number of nitrogens with one attached hydrogen (secondary N) is 1. The van der Waals surface area contributed by atoms with E-state index in [1.807, 2.05) is 0 Å². The van der Waals surface area contributed by atoms with Crippen molar-refractivity contribution in [1.82, 2.24) is 5.32 Å². The van der Waals surface area contributed by atoms with Gasteiger partial charge in [-0.1, -0.05) is 198 Å². The number of amides is 1. The van der Waals surface area contributed by atoms with Gasteiger partial charge in [0.2, 0.25) is 5.91 Å². The molecule has 0 radical (unpaired) electrons. The van der Waals surface area contributed by atoms with Crippen LogP contribution in [0.3, 0.4) is 0 Å². The van der Waals surface area contributed by atoms with Gasteiger partial charge in [-0.2, -0.15) is 0 Å². The summed E-state index contributed by atoms with van der Waals surface area (Å²) in [7, 11) is 0. The van der Waals surface area contributed by atoms with Crippen LogP contribution in [-0.2, 0) is 14.3 Å². The summed E-state index contributed by atoms with van der Waals surface area (Å²) in [6, 6.07) is -0.712. The number of aliphatic hydroxyl groups excluding tert-OH is 2. The molecule has 0 heterocycles. The zero-order valence-corrected chi connectivity index (χ0v) is 36.3. The van der Waals surface area contributed by atoms with Crippen molar-refractivity contribution in [3.8, 4) is 0 Å². The van der Waals surface area contributed by atoms with Crippen LogP contribution >= 0.6 is 0 Å². The molecule has 0 saturated heterocycles. The number of rotatable bonds is 41. The van der Waals surface area contributed by atoms with Crippen LogP contribution in [0.25, 0.3) is 0 Å². The minimum atomic E-state index is -0.796. The fourth-order valence-corrected chi connectivity index (χ4v) is 6.90. The Morgan fingerprint density at radius 2 is 1.02 bits per heavy atom. The maximum atomic E-state index is 13.1. The SMILES string of the molecule is CC/C=C/C=C/C=C\CCCCCCCC(=O)OC(CCC/C=C\CCCCCCCC)CC(=O)NC(CO)C(O)CCCCCCCCCCCCCC. The van der Waals surface area contributed by atoms with Gasteiger partial charge in [-0.25, -0.2) is 0 Å². The third-order valence-electron chi connectivity index (χ3n) is 10.5. The number of unbranched alkanes of at least 4 members (excludes halogenated alkanes) is 23. The van der Waals surface area contributed by atoms with Gasteiger partial charge in [0.25, 0.3) is 0 Å². The Labute approximate surface area is 340 Å². The minimum Gasteiger partial charge on any atom is -0.462 e. The van der Waals surface area contributed by atoms with Gasteiger partial charge >= 0.3 is 5.97 Å². The summed E-state index contributed by atoms with van der Waals surface area (Å²) in [5, 5.41) is 23.6. The van der Waals surface area contributed by atoms with Gasteiger partial charge in [0.05, 0.1) is 25.2 Å². The quantitative estimate of drug-likeness (QED) is 0.0249. The van der Waals surface area contributed by atoms with Crippen LogP contribution in [0, 0.1) is 0 Å². The molecule has 1 amide bonds. The number of hydrogen-bond acceptors (Lipinski definition) is 5. The lowest BCUT2D eigenvalue weighted by atomic mass is 10.0. The Bertz CT molecular complexity index is 957. The van der Waals surface area contributed by atoms with Gasteiger partial charge in [-0.3, -0.25) is 9.59 Å². The van der Waals surface area contributed by atoms with E-state index in [0.29, 0.717) is 19.3 Å². The molecule has 55 heavy (non-hydrogen) atoms. The predicted molar refractivity (Wildman–Crippen MR) is 236 cm³/mol. The first-order valence-electron chi connectivity index (χ1n) is 23.4. The molecule has 0 spiro atoms. The lowest BCUT2D eigenvalue weighted by Crippen LogP contribution is -2.46. The summed E-state index contributed by atoms with van der Waals surface area (Å²) in [6.07, 6.45) is 50.3. The normalized spacial score (nSPS) is 13.8. The Balaban J connectivity index is 4.63. The smallest absolute Gasteiger partial charge is 0.306 e. The number of ether oxygens (including phenoxy) is 1. The van der Waals surface area contributed by atoms with Crippen LogP contribution < -0.4 is 5.32 Å². The molecule has 0 aromatic carbocycles. The summed E-state index contributed by atoms with van der Waals surface area (Å²) in [5.74, 6) is -0.528. The van der Waals surface area contributed by atoms with Gasteiger partial charge in [0, 0.05) is 6.42 Å². The summed E-state index contributed by atoms with van der Waals surface area (Å²) in [4.78, 5) is 26.0. The molecule has 0 fully saturated rings. The summed E-state index contributed by atoms with van der Waals surface area (Å²) >= 11 is 0. The molecule has 3 atom stereocenters. The average molecular weight is 772 g/mol. The monoisotopic (exact) mass is 772 g/mol. The van der Waals surface area contributed by atoms with Crippen molar-refractivity contribution in [2.75, 3.05) is 6.61 Å². The van der Waals surface area contributed by atoms with Crippen molar-refractivity contribution in [1.29, 1.82) is 0 Å². The van der Waals surface area contributed by atoms with Crippen molar-refractivity contribution >= 4 is 11.9 Å². The third-order valence-corrected chi connectivity index (χ3v) is 10.5. The number of hydrogen-bond donors (Lipinski definition) is 3. The molecule has 0 rings (SSSR count). The molecule has 0 aliphatic carbocycles. The van der Waals surface area contributed by atoms with E-state index in [4.69, 9.17) is 4.74 Å². The second-order valence-corrected chi connectivity index (χ2v) is 15.8. The molecule has 0 aromatic rings. The first-order valence-corrected chi connectivity index (χ1v) is 23.4. The predicted octanol–water partition coefficient (Wildman–Crippen LogP) is 13.5. The number of carbonyl (C=O) groups excluding carboxylic acids is 2. The summed E-state index contributed by atoms with van der Waals surface area (Å²) in [6.45, 7) is 6.31. The lowest BCUT2D eigenvalue weighted by Gasteiger charge is -2.24. The lowest BCUT2D eigenvalue weighted by molar-refractivity contribution is -0.151. The molecule has 6 nitrogen and oxygen atoms in total. The minimum absolute atomic E-state index is 0.0482. The van der Waals surface area contributed by atoms with Crippen molar-refractivity contribution in [2.24, 2.45) is 0 Å². The highest BCUT2D eigenvalue weighted by Gasteiger charge is 2.24. The van der Waals surface area contributed by atoms with E-state index in [9.17, 15) is 19.8 Å². The molecule has 3 unspecified atom stereocenters. The van der Waals surface area contributed by atoms with Crippen LogP contribution in [0.2, 0.25) is 0 Å². The highest BCUT2D eigenvalue weighted by molar-refractivity contribution is 5.77. The summed E-state index contributed by atoms with van der Waals surface area (Å²) < 4.78 is 5.88. The fraction of sp³-hybridized carbons (Fsp3) is 0.796. The molecule has 0 aromatic heterocycles. The van der Waals surface area contributed by atoms with E-state index < -0.39 is 18.2 Å². The molecule has 0 saturated carbocycles. The van der Waals surface area contributed by atoms with E-state index in [1.54, 1.807) is 0 Å². The van der Waals surface area contributed by atoms with E-state index in [0.717, 1.165) is 83.5 Å². The van der Waals surface area contributed by atoms with Gasteiger partial charge < -0.3 is 20.3 Å². The Hall–Kier alpha value is -2.18. The van der Waals surface area contributed by atoms with E-state index in [1.165, 1.54) is 96.3 Å². The van der Waals surface area contributed by atoms with Crippen LogP contribution in [0.4, 0.5) is 0 Å². The highest BCUT2D eigenvalue weighted by Crippen LogP contribution is 2.17. The largest absolute Gasteiger partial charge is 0.462 e. The van der Waals surface area contributed by atoms with Crippen LogP contribution in [0.1, 0.15) is 226 Å². The first kappa shape index (κ1) is 52.8. The average Bonchev–Trinajstić information content (AvgIpc) is 3.18. The number of aliphatic hydroxyl groups is 2. The molecule has 6 heteroatoms. The fourth-order valence-electron chi connectivity index (χ4n) is 6.90. The van der Waals surface area contributed by atoms with Crippen LogP contribution in [-0.4, -0.2) is 46.9 Å². The zero-order chi connectivity index (χ0) is 40.3. The second-order valence-electron chi connectivity index (χ2n) is 15.8. The zero-order valence-electron chi connectivity index (χ0n) is 36.3. The molecule has 0 aliphatic rings.